The highest BCUT2D eigenvalue weighted by atomic mass is 16.6. The number of aliphatic hydroxyl groups excluding tert-OH is 1. The van der Waals surface area contributed by atoms with Gasteiger partial charge in [-0.2, -0.15) is 5.26 Å². The second-order valence-corrected chi connectivity index (χ2v) is 5.91. The van der Waals surface area contributed by atoms with Crippen LogP contribution in [0.15, 0.2) is 29.8 Å². The number of rotatable bonds is 5. The minimum atomic E-state index is -0.635. The molecule has 0 aromatic heterocycles. The fourth-order valence-corrected chi connectivity index (χ4v) is 1.74. The average molecular weight is 302 g/mol. The van der Waals surface area contributed by atoms with Gasteiger partial charge >= 0.3 is 5.97 Å². The summed E-state index contributed by atoms with van der Waals surface area (Å²) in [5, 5.41) is 18.0. The van der Waals surface area contributed by atoms with Gasteiger partial charge in [-0.15, -0.1) is 0 Å². The molecule has 1 aromatic rings. The number of hydrogen-bond acceptors (Lipinski definition) is 5. The van der Waals surface area contributed by atoms with E-state index < -0.39 is 11.6 Å². The summed E-state index contributed by atoms with van der Waals surface area (Å²) in [6.07, 6.45) is 1.50. The zero-order chi connectivity index (χ0) is 16.8. The summed E-state index contributed by atoms with van der Waals surface area (Å²) in [4.78, 5) is 13.8. The van der Waals surface area contributed by atoms with Crippen molar-refractivity contribution in [2.24, 2.45) is 0 Å². The van der Waals surface area contributed by atoms with E-state index >= 15 is 0 Å². The molecule has 22 heavy (non-hydrogen) atoms. The predicted molar refractivity (Wildman–Crippen MR) is 86.2 cm³/mol. The summed E-state index contributed by atoms with van der Waals surface area (Å²) in [7, 11) is 1.88. The molecule has 0 unspecified atom stereocenters. The maximum atomic E-state index is 11.9. The van der Waals surface area contributed by atoms with E-state index in [1.165, 1.54) is 6.08 Å². The second-order valence-electron chi connectivity index (χ2n) is 5.91. The molecule has 0 radical (unpaired) electrons. The molecule has 0 aliphatic heterocycles. The van der Waals surface area contributed by atoms with E-state index in [9.17, 15) is 4.79 Å². The molecule has 5 heteroatoms. The summed E-state index contributed by atoms with van der Waals surface area (Å²) < 4.78 is 5.19. The number of nitrogens with zero attached hydrogens (tertiary/aromatic N) is 2. The molecule has 0 amide bonds. The Labute approximate surface area is 131 Å². The molecule has 1 aromatic carbocycles. The molecule has 118 valence electrons. The van der Waals surface area contributed by atoms with Gasteiger partial charge in [0.25, 0.3) is 0 Å². The van der Waals surface area contributed by atoms with Crippen molar-refractivity contribution in [1.82, 2.24) is 0 Å². The Kier molecular flexibility index (Phi) is 6.14. The SMILES string of the molecule is CN(CCO)c1ccc(/C=C(\C#N)C(=O)OC(C)(C)C)cc1. The molecular weight excluding hydrogens is 280 g/mol. The van der Waals surface area contributed by atoms with Crippen LogP contribution in [0.4, 0.5) is 5.69 Å². The summed E-state index contributed by atoms with van der Waals surface area (Å²) in [5.74, 6) is -0.628. The van der Waals surface area contributed by atoms with Crippen molar-refractivity contribution >= 4 is 17.7 Å². The van der Waals surface area contributed by atoms with Crippen molar-refractivity contribution in [3.8, 4) is 6.07 Å². The molecule has 0 aliphatic rings. The van der Waals surface area contributed by atoms with Crippen LogP contribution in [0, 0.1) is 11.3 Å². The van der Waals surface area contributed by atoms with Gasteiger partial charge in [0.1, 0.15) is 17.2 Å². The first kappa shape index (κ1) is 17.7. The van der Waals surface area contributed by atoms with Crippen molar-refractivity contribution in [2.45, 2.75) is 26.4 Å². The van der Waals surface area contributed by atoms with Gasteiger partial charge in [-0.05, 0) is 44.5 Å². The Morgan fingerprint density at radius 2 is 1.95 bits per heavy atom. The van der Waals surface area contributed by atoms with Crippen LogP contribution in [0.2, 0.25) is 0 Å². The molecule has 1 rings (SSSR count). The molecule has 5 nitrogen and oxygen atoms in total. The van der Waals surface area contributed by atoms with Crippen molar-refractivity contribution in [3.63, 3.8) is 0 Å². The van der Waals surface area contributed by atoms with Crippen molar-refractivity contribution in [1.29, 1.82) is 5.26 Å². The fourth-order valence-electron chi connectivity index (χ4n) is 1.74. The van der Waals surface area contributed by atoms with Gasteiger partial charge in [-0.25, -0.2) is 4.79 Å². The van der Waals surface area contributed by atoms with Crippen LogP contribution in [0.5, 0.6) is 0 Å². The van der Waals surface area contributed by atoms with Gasteiger partial charge in [0, 0.05) is 19.3 Å². The van der Waals surface area contributed by atoms with Gasteiger partial charge in [0.05, 0.1) is 6.61 Å². The molecular formula is C17H22N2O3. The Morgan fingerprint density at radius 1 is 1.36 bits per heavy atom. The molecule has 1 N–H and O–H groups in total. The highest BCUT2D eigenvalue weighted by molar-refractivity contribution is 5.98. The van der Waals surface area contributed by atoms with Crippen LogP contribution >= 0.6 is 0 Å². The highest BCUT2D eigenvalue weighted by Crippen LogP contribution is 2.17. The number of anilines is 1. The minimum Gasteiger partial charge on any atom is -0.456 e. The molecule has 0 bridgehead atoms. The largest absolute Gasteiger partial charge is 0.456 e. The Bertz CT molecular complexity index is 577. The lowest BCUT2D eigenvalue weighted by molar-refractivity contribution is -0.149. The lowest BCUT2D eigenvalue weighted by atomic mass is 10.1. The maximum absolute atomic E-state index is 11.9. The van der Waals surface area contributed by atoms with Gasteiger partial charge in [0.2, 0.25) is 0 Å². The van der Waals surface area contributed by atoms with Gasteiger partial charge in [-0.1, -0.05) is 12.1 Å². The van der Waals surface area contributed by atoms with Crippen LogP contribution in [0.25, 0.3) is 6.08 Å². The van der Waals surface area contributed by atoms with E-state index in [0.717, 1.165) is 11.3 Å². The average Bonchev–Trinajstić information content (AvgIpc) is 2.43. The van der Waals surface area contributed by atoms with Crippen molar-refractivity contribution in [3.05, 3.63) is 35.4 Å². The number of carbonyl (C=O) groups is 1. The van der Waals surface area contributed by atoms with E-state index in [1.54, 1.807) is 20.8 Å². The number of benzene rings is 1. The monoisotopic (exact) mass is 302 g/mol. The number of hydrogen-bond donors (Lipinski definition) is 1. The number of ether oxygens (including phenoxy) is 1. The molecule has 0 atom stereocenters. The van der Waals surface area contributed by atoms with Crippen LogP contribution in [0.3, 0.4) is 0 Å². The first-order valence-corrected chi connectivity index (χ1v) is 7.04. The van der Waals surface area contributed by atoms with E-state index in [2.05, 4.69) is 0 Å². The normalized spacial score (nSPS) is 11.7. The summed E-state index contributed by atoms with van der Waals surface area (Å²) in [6, 6.07) is 9.23. The third kappa shape index (κ3) is 5.58. The lowest BCUT2D eigenvalue weighted by Gasteiger charge is -2.19. The fraction of sp³-hybridized carbons (Fsp3) is 0.412. The van der Waals surface area contributed by atoms with Crippen LogP contribution in [-0.2, 0) is 9.53 Å². The summed E-state index contributed by atoms with van der Waals surface area (Å²) in [6.45, 7) is 5.88. The van der Waals surface area contributed by atoms with Crippen molar-refractivity contribution in [2.75, 3.05) is 25.1 Å². The number of aliphatic hydroxyl groups is 1. The van der Waals surface area contributed by atoms with Crippen molar-refractivity contribution < 1.29 is 14.6 Å². The number of esters is 1. The molecule has 0 fully saturated rings. The first-order chi connectivity index (χ1) is 10.3. The highest BCUT2D eigenvalue weighted by Gasteiger charge is 2.19. The molecule has 0 spiro atoms. The number of nitriles is 1. The third-order valence-electron chi connectivity index (χ3n) is 2.82. The van der Waals surface area contributed by atoms with Gasteiger partial charge < -0.3 is 14.7 Å². The third-order valence-corrected chi connectivity index (χ3v) is 2.82. The molecule has 0 saturated carbocycles. The van der Waals surface area contributed by atoms with Gasteiger partial charge in [0.15, 0.2) is 0 Å². The smallest absolute Gasteiger partial charge is 0.349 e. The van der Waals surface area contributed by atoms with E-state index in [0.29, 0.717) is 6.54 Å². The minimum absolute atomic E-state index is 0.0358. The zero-order valence-electron chi connectivity index (χ0n) is 13.5. The first-order valence-electron chi connectivity index (χ1n) is 7.04. The zero-order valence-corrected chi connectivity index (χ0v) is 13.5. The maximum Gasteiger partial charge on any atom is 0.349 e. The van der Waals surface area contributed by atoms with Crippen LogP contribution in [-0.4, -0.2) is 36.9 Å². The van der Waals surface area contributed by atoms with E-state index in [1.807, 2.05) is 42.3 Å². The quantitative estimate of drug-likeness (QED) is 0.513. The van der Waals surface area contributed by atoms with Crippen LogP contribution < -0.4 is 4.90 Å². The van der Waals surface area contributed by atoms with E-state index in [4.69, 9.17) is 15.1 Å². The van der Waals surface area contributed by atoms with E-state index in [-0.39, 0.29) is 12.2 Å². The second kappa shape index (κ2) is 7.62. The summed E-state index contributed by atoms with van der Waals surface area (Å²) in [5.41, 5.74) is 1.01. The number of likely N-dealkylation sites (N-methyl/N-ethyl adjacent to an activating group) is 1. The predicted octanol–water partition coefficient (Wildman–Crippen LogP) is 2.36. The Morgan fingerprint density at radius 3 is 2.41 bits per heavy atom. The molecule has 0 aliphatic carbocycles. The molecule has 0 heterocycles. The van der Waals surface area contributed by atoms with Gasteiger partial charge in [-0.3, -0.25) is 0 Å². The lowest BCUT2D eigenvalue weighted by Crippen LogP contribution is -2.24. The molecule has 0 saturated heterocycles. The Hall–Kier alpha value is -2.32. The number of carbonyl (C=O) groups excluding carboxylic acids is 1. The van der Waals surface area contributed by atoms with Crippen LogP contribution in [0.1, 0.15) is 26.3 Å². The summed E-state index contributed by atoms with van der Waals surface area (Å²) >= 11 is 0. The standard InChI is InChI=1S/C17H22N2O3/c1-17(2,3)22-16(21)14(12-18)11-13-5-7-15(8-6-13)19(4)9-10-20/h5-8,11,20H,9-10H2,1-4H3/b14-11+. The Balaban J connectivity index is 2.91. The topological polar surface area (TPSA) is 73.6 Å².